The highest BCUT2D eigenvalue weighted by Crippen LogP contribution is 2.17. The molecule has 1 aromatic carbocycles. The summed E-state index contributed by atoms with van der Waals surface area (Å²) in [6, 6.07) is 3.75. The lowest BCUT2D eigenvalue weighted by Gasteiger charge is -2.07. The van der Waals surface area contributed by atoms with Crippen LogP contribution in [-0.2, 0) is 11.4 Å². The monoisotopic (exact) mass is 206 g/mol. The van der Waals surface area contributed by atoms with Gasteiger partial charge in [0, 0.05) is 6.08 Å². The van der Waals surface area contributed by atoms with Crippen molar-refractivity contribution in [1.29, 1.82) is 0 Å². The summed E-state index contributed by atoms with van der Waals surface area (Å²) in [5.74, 6) is -0.989. The van der Waals surface area contributed by atoms with Gasteiger partial charge in [0.25, 0.3) is 0 Å². The second-order valence-electron chi connectivity index (χ2n) is 3.46. The van der Waals surface area contributed by atoms with Crippen molar-refractivity contribution in [1.82, 2.24) is 0 Å². The van der Waals surface area contributed by atoms with E-state index in [9.17, 15) is 4.79 Å². The highest BCUT2D eigenvalue weighted by molar-refractivity contribution is 5.85. The normalized spacial score (nSPS) is 10.9. The van der Waals surface area contributed by atoms with Crippen LogP contribution in [0, 0.1) is 13.8 Å². The van der Waals surface area contributed by atoms with Gasteiger partial charge in [-0.2, -0.15) is 0 Å². The fraction of sp³-hybridized carbons (Fsp3) is 0.250. The number of benzene rings is 1. The number of carbonyl (C=O) groups is 1. The minimum Gasteiger partial charge on any atom is -0.478 e. The molecular formula is C12H14O3. The summed E-state index contributed by atoms with van der Waals surface area (Å²) >= 11 is 0. The molecule has 0 atom stereocenters. The van der Waals surface area contributed by atoms with Crippen LogP contribution in [0.3, 0.4) is 0 Å². The van der Waals surface area contributed by atoms with Crippen LogP contribution in [0.5, 0.6) is 0 Å². The zero-order valence-corrected chi connectivity index (χ0v) is 8.82. The van der Waals surface area contributed by atoms with E-state index in [1.807, 2.05) is 26.0 Å². The first-order valence-electron chi connectivity index (χ1n) is 4.66. The molecule has 1 rings (SSSR count). The molecule has 0 saturated carbocycles. The highest BCUT2D eigenvalue weighted by atomic mass is 16.4. The van der Waals surface area contributed by atoms with Crippen molar-refractivity contribution in [3.63, 3.8) is 0 Å². The lowest BCUT2D eigenvalue weighted by Crippen LogP contribution is -1.94. The standard InChI is InChI=1S/C12H14O3/c1-8-5-10(3-4-12(14)15)11(7-13)6-9(8)2/h3-6,13H,7H2,1-2H3,(H,14,15). The van der Waals surface area contributed by atoms with Crippen molar-refractivity contribution in [2.24, 2.45) is 0 Å². The zero-order chi connectivity index (χ0) is 11.4. The molecule has 3 heteroatoms. The van der Waals surface area contributed by atoms with Gasteiger partial charge in [0.15, 0.2) is 0 Å². The second kappa shape index (κ2) is 4.75. The van der Waals surface area contributed by atoms with E-state index in [2.05, 4.69) is 0 Å². The molecule has 0 aromatic heterocycles. The van der Waals surface area contributed by atoms with Gasteiger partial charge in [-0.3, -0.25) is 0 Å². The number of hydrogen-bond donors (Lipinski definition) is 2. The second-order valence-corrected chi connectivity index (χ2v) is 3.46. The number of aliphatic hydroxyl groups is 1. The number of aliphatic hydroxyl groups excluding tert-OH is 1. The minimum absolute atomic E-state index is 0.0829. The summed E-state index contributed by atoms with van der Waals surface area (Å²) in [4.78, 5) is 10.4. The van der Waals surface area contributed by atoms with Gasteiger partial charge in [0.2, 0.25) is 0 Å². The van der Waals surface area contributed by atoms with Gasteiger partial charge in [-0.05, 0) is 42.2 Å². The summed E-state index contributed by atoms with van der Waals surface area (Å²) in [5.41, 5.74) is 3.67. The van der Waals surface area contributed by atoms with Gasteiger partial charge in [-0.15, -0.1) is 0 Å². The Morgan fingerprint density at radius 1 is 1.33 bits per heavy atom. The minimum atomic E-state index is -0.989. The number of aliphatic carboxylic acids is 1. The largest absolute Gasteiger partial charge is 0.478 e. The quantitative estimate of drug-likeness (QED) is 0.742. The van der Waals surface area contributed by atoms with E-state index in [0.717, 1.165) is 28.3 Å². The van der Waals surface area contributed by atoms with Gasteiger partial charge in [-0.25, -0.2) is 4.79 Å². The molecule has 15 heavy (non-hydrogen) atoms. The maximum atomic E-state index is 10.4. The molecule has 0 radical (unpaired) electrons. The van der Waals surface area contributed by atoms with Crippen molar-refractivity contribution in [3.8, 4) is 0 Å². The van der Waals surface area contributed by atoms with Crippen LogP contribution in [0.4, 0.5) is 0 Å². The number of carboxylic acids is 1. The fourth-order valence-electron chi connectivity index (χ4n) is 1.35. The smallest absolute Gasteiger partial charge is 0.328 e. The van der Waals surface area contributed by atoms with Gasteiger partial charge in [0.05, 0.1) is 6.61 Å². The van der Waals surface area contributed by atoms with E-state index >= 15 is 0 Å². The number of rotatable bonds is 3. The molecule has 0 saturated heterocycles. The third kappa shape index (κ3) is 2.92. The maximum Gasteiger partial charge on any atom is 0.328 e. The van der Waals surface area contributed by atoms with Crippen molar-refractivity contribution in [3.05, 3.63) is 40.5 Å². The first-order chi connectivity index (χ1) is 7.04. The molecule has 1 aromatic rings. The van der Waals surface area contributed by atoms with Crippen molar-refractivity contribution in [2.45, 2.75) is 20.5 Å². The van der Waals surface area contributed by atoms with Crippen LogP contribution in [-0.4, -0.2) is 16.2 Å². The van der Waals surface area contributed by atoms with E-state index in [1.165, 1.54) is 6.08 Å². The van der Waals surface area contributed by atoms with E-state index in [0.29, 0.717) is 0 Å². The van der Waals surface area contributed by atoms with E-state index in [4.69, 9.17) is 10.2 Å². The van der Waals surface area contributed by atoms with Crippen LogP contribution in [0.25, 0.3) is 6.08 Å². The maximum absolute atomic E-state index is 10.4. The first-order valence-corrected chi connectivity index (χ1v) is 4.66. The molecule has 0 bridgehead atoms. The van der Waals surface area contributed by atoms with Crippen LogP contribution in [0.15, 0.2) is 18.2 Å². The van der Waals surface area contributed by atoms with Crippen LogP contribution in [0.2, 0.25) is 0 Å². The molecule has 0 amide bonds. The lowest BCUT2D eigenvalue weighted by atomic mass is 10.00. The van der Waals surface area contributed by atoms with E-state index < -0.39 is 5.97 Å². The molecule has 0 aliphatic rings. The first kappa shape index (κ1) is 11.5. The molecule has 3 nitrogen and oxygen atoms in total. The molecule has 0 unspecified atom stereocenters. The summed E-state index contributed by atoms with van der Waals surface area (Å²) in [7, 11) is 0. The Morgan fingerprint density at radius 2 is 1.93 bits per heavy atom. The third-order valence-corrected chi connectivity index (χ3v) is 2.33. The van der Waals surface area contributed by atoms with Gasteiger partial charge in [0.1, 0.15) is 0 Å². The molecule has 80 valence electrons. The average molecular weight is 206 g/mol. The summed E-state index contributed by atoms with van der Waals surface area (Å²) in [6.07, 6.45) is 2.57. The SMILES string of the molecule is Cc1cc(C=CC(=O)O)c(CO)cc1C. The number of aryl methyl sites for hydroxylation is 2. The topological polar surface area (TPSA) is 57.5 Å². The van der Waals surface area contributed by atoms with Gasteiger partial charge < -0.3 is 10.2 Å². The summed E-state index contributed by atoms with van der Waals surface area (Å²) in [6.45, 7) is 3.83. The number of carboxylic acid groups (broad SMARTS) is 1. The van der Waals surface area contributed by atoms with Gasteiger partial charge in [-0.1, -0.05) is 12.1 Å². The lowest BCUT2D eigenvalue weighted by molar-refractivity contribution is -0.131. The summed E-state index contributed by atoms with van der Waals surface area (Å²) in [5, 5.41) is 17.6. The zero-order valence-electron chi connectivity index (χ0n) is 8.82. The van der Waals surface area contributed by atoms with Crippen LogP contribution < -0.4 is 0 Å². The Morgan fingerprint density at radius 3 is 2.47 bits per heavy atom. The molecule has 0 fully saturated rings. The van der Waals surface area contributed by atoms with Crippen LogP contribution in [0.1, 0.15) is 22.3 Å². The van der Waals surface area contributed by atoms with Crippen LogP contribution >= 0.6 is 0 Å². The Labute approximate surface area is 88.7 Å². The molecule has 0 spiro atoms. The molecule has 2 N–H and O–H groups in total. The van der Waals surface area contributed by atoms with Crippen molar-refractivity contribution < 1.29 is 15.0 Å². The van der Waals surface area contributed by atoms with E-state index in [1.54, 1.807) is 0 Å². The molecular weight excluding hydrogens is 192 g/mol. The molecule has 0 aliphatic carbocycles. The Hall–Kier alpha value is -1.61. The molecule has 0 aliphatic heterocycles. The van der Waals surface area contributed by atoms with Gasteiger partial charge >= 0.3 is 5.97 Å². The van der Waals surface area contributed by atoms with E-state index in [-0.39, 0.29) is 6.61 Å². The number of hydrogen-bond acceptors (Lipinski definition) is 2. The Balaban J connectivity index is 3.16. The average Bonchev–Trinajstić information content (AvgIpc) is 2.19. The predicted octanol–water partition coefficient (Wildman–Crippen LogP) is 1.89. The molecule has 0 heterocycles. The summed E-state index contributed by atoms with van der Waals surface area (Å²) < 4.78 is 0. The predicted molar refractivity (Wildman–Crippen MR) is 58.5 cm³/mol. The third-order valence-electron chi connectivity index (χ3n) is 2.33. The Bertz CT molecular complexity index is 406. The Kier molecular flexibility index (Phi) is 3.63. The van der Waals surface area contributed by atoms with Crippen molar-refractivity contribution in [2.75, 3.05) is 0 Å². The van der Waals surface area contributed by atoms with Crippen molar-refractivity contribution >= 4 is 12.0 Å². The highest BCUT2D eigenvalue weighted by Gasteiger charge is 2.02. The fourth-order valence-corrected chi connectivity index (χ4v) is 1.35.